The molecule has 1 N–H and O–H groups in total. The van der Waals surface area contributed by atoms with Crippen LogP contribution in [-0.4, -0.2) is 12.7 Å². The molecule has 0 saturated carbocycles. The Morgan fingerprint density at radius 3 is 2.79 bits per heavy atom. The third-order valence-corrected chi connectivity index (χ3v) is 2.30. The fourth-order valence-corrected chi connectivity index (χ4v) is 1.52. The van der Waals surface area contributed by atoms with Crippen LogP contribution in [0.5, 0.6) is 0 Å². The molecule has 76 valence electrons. The van der Waals surface area contributed by atoms with Crippen molar-refractivity contribution in [3.05, 3.63) is 35.9 Å². The molecule has 1 aromatic rings. The molecule has 0 aromatic heterocycles. The first-order chi connectivity index (χ1) is 6.83. The normalized spacial score (nSPS) is 9.50. The lowest BCUT2D eigenvalue weighted by molar-refractivity contribution is 0.159. The second kappa shape index (κ2) is 6.32. The predicted octanol–water partition coefficient (Wildman–Crippen LogP) is 2.58. The number of carbonyl (C=O) groups is 1. The van der Waals surface area contributed by atoms with Crippen molar-refractivity contribution >= 4 is 18.0 Å². The highest BCUT2D eigenvalue weighted by Gasteiger charge is 1.99. The maximum Gasteiger partial charge on any atom is 0.417 e. The molecule has 1 rings (SSSR count). The van der Waals surface area contributed by atoms with Crippen LogP contribution in [0.3, 0.4) is 0 Å². The number of benzene rings is 1. The molecule has 0 spiro atoms. The molecule has 0 aliphatic heterocycles. The van der Waals surface area contributed by atoms with Crippen molar-refractivity contribution in [1.82, 2.24) is 4.72 Å². The van der Waals surface area contributed by atoms with E-state index in [1.54, 1.807) is 6.92 Å². The van der Waals surface area contributed by atoms with Crippen LogP contribution < -0.4 is 4.72 Å². The van der Waals surface area contributed by atoms with E-state index in [1.807, 2.05) is 30.3 Å². The van der Waals surface area contributed by atoms with Crippen molar-refractivity contribution in [2.45, 2.75) is 12.7 Å². The van der Waals surface area contributed by atoms with Crippen molar-refractivity contribution in [1.29, 1.82) is 0 Å². The smallest absolute Gasteiger partial charge is 0.417 e. The van der Waals surface area contributed by atoms with Gasteiger partial charge in [-0.3, -0.25) is 4.72 Å². The van der Waals surface area contributed by atoms with Crippen LogP contribution >= 0.6 is 11.9 Å². The van der Waals surface area contributed by atoms with Crippen molar-refractivity contribution < 1.29 is 9.53 Å². The Hall–Kier alpha value is -1.16. The minimum atomic E-state index is -0.381. The zero-order valence-corrected chi connectivity index (χ0v) is 8.84. The highest BCUT2D eigenvalue weighted by Crippen LogP contribution is 2.08. The maximum absolute atomic E-state index is 10.9. The van der Waals surface area contributed by atoms with E-state index in [0.717, 1.165) is 5.75 Å². The molecule has 3 nitrogen and oxygen atoms in total. The second-order valence-electron chi connectivity index (χ2n) is 2.60. The predicted molar refractivity (Wildman–Crippen MR) is 57.9 cm³/mol. The van der Waals surface area contributed by atoms with Crippen LogP contribution in [0.1, 0.15) is 12.5 Å². The topological polar surface area (TPSA) is 38.3 Å². The fraction of sp³-hybridized carbons (Fsp3) is 0.300. The van der Waals surface area contributed by atoms with Gasteiger partial charge in [-0.2, -0.15) is 0 Å². The largest absolute Gasteiger partial charge is 0.449 e. The zero-order chi connectivity index (χ0) is 10.2. The summed E-state index contributed by atoms with van der Waals surface area (Å²) in [7, 11) is 0. The first-order valence-electron chi connectivity index (χ1n) is 4.41. The van der Waals surface area contributed by atoms with E-state index in [4.69, 9.17) is 4.74 Å². The summed E-state index contributed by atoms with van der Waals surface area (Å²) in [6, 6.07) is 9.94. The number of nitrogens with one attached hydrogen (secondary N) is 1. The fourth-order valence-electron chi connectivity index (χ4n) is 0.913. The summed E-state index contributed by atoms with van der Waals surface area (Å²) in [6.45, 7) is 2.18. The lowest BCUT2D eigenvalue weighted by Gasteiger charge is -2.03. The van der Waals surface area contributed by atoms with Gasteiger partial charge in [0.1, 0.15) is 0 Å². The Balaban J connectivity index is 2.19. The summed E-state index contributed by atoms with van der Waals surface area (Å²) in [5.74, 6) is 0.750. The molecule has 1 amide bonds. The van der Waals surface area contributed by atoms with E-state index in [-0.39, 0.29) is 6.09 Å². The molecule has 0 radical (unpaired) electrons. The Bertz CT molecular complexity index is 277. The van der Waals surface area contributed by atoms with Gasteiger partial charge in [-0.25, -0.2) is 4.79 Å². The SMILES string of the molecule is CCOC(=O)NSCc1ccccc1. The number of hydrogen-bond donors (Lipinski definition) is 1. The first kappa shape index (κ1) is 10.9. The summed E-state index contributed by atoms with van der Waals surface area (Å²) in [6.07, 6.45) is -0.381. The van der Waals surface area contributed by atoms with Gasteiger partial charge in [0, 0.05) is 5.75 Å². The third kappa shape index (κ3) is 4.18. The molecule has 0 fully saturated rings. The lowest BCUT2D eigenvalue weighted by Crippen LogP contribution is -2.17. The van der Waals surface area contributed by atoms with E-state index in [0.29, 0.717) is 6.61 Å². The quantitative estimate of drug-likeness (QED) is 0.778. The van der Waals surface area contributed by atoms with Crippen LogP contribution in [0.15, 0.2) is 30.3 Å². The van der Waals surface area contributed by atoms with Gasteiger partial charge < -0.3 is 4.74 Å². The maximum atomic E-state index is 10.9. The molecule has 0 unspecified atom stereocenters. The van der Waals surface area contributed by atoms with Crippen LogP contribution in [0.2, 0.25) is 0 Å². The highest BCUT2D eigenvalue weighted by atomic mass is 32.2. The molecule has 0 bridgehead atoms. The molecular weight excluding hydrogens is 198 g/mol. The van der Waals surface area contributed by atoms with E-state index < -0.39 is 0 Å². The Kier molecular flexibility index (Phi) is 4.93. The standard InChI is InChI=1S/C10H13NO2S/c1-2-13-10(12)11-14-8-9-6-4-3-5-7-9/h3-7H,2,8H2,1H3,(H,11,12). The number of ether oxygens (including phenoxy) is 1. The molecular formula is C10H13NO2S. The lowest BCUT2D eigenvalue weighted by atomic mass is 10.2. The summed E-state index contributed by atoms with van der Waals surface area (Å²) < 4.78 is 7.30. The van der Waals surface area contributed by atoms with Crippen LogP contribution in [0.4, 0.5) is 4.79 Å². The number of carbonyl (C=O) groups excluding carboxylic acids is 1. The van der Waals surface area contributed by atoms with Gasteiger partial charge in [0.05, 0.1) is 6.61 Å². The van der Waals surface area contributed by atoms with E-state index in [2.05, 4.69) is 4.72 Å². The molecule has 14 heavy (non-hydrogen) atoms. The van der Waals surface area contributed by atoms with Gasteiger partial charge in [0.2, 0.25) is 0 Å². The van der Waals surface area contributed by atoms with Crippen molar-refractivity contribution in [3.63, 3.8) is 0 Å². The Morgan fingerprint density at radius 1 is 1.43 bits per heavy atom. The summed E-state index contributed by atoms with van der Waals surface area (Å²) >= 11 is 1.33. The van der Waals surface area contributed by atoms with Crippen LogP contribution in [0, 0.1) is 0 Å². The minimum absolute atomic E-state index is 0.381. The first-order valence-corrected chi connectivity index (χ1v) is 5.40. The van der Waals surface area contributed by atoms with Crippen molar-refractivity contribution in [3.8, 4) is 0 Å². The monoisotopic (exact) mass is 211 g/mol. The molecule has 0 saturated heterocycles. The van der Waals surface area contributed by atoms with Crippen molar-refractivity contribution in [2.24, 2.45) is 0 Å². The summed E-state index contributed by atoms with van der Waals surface area (Å²) in [5, 5.41) is 0. The summed E-state index contributed by atoms with van der Waals surface area (Å²) in [5.41, 5.74) is 1.18. The molecule has 0 aliphatic rings. The van der Waals surface area contributed by atoms with Crippen LogP contribution in [0.25, 0.3) is 0 Å². The molecule has 1 aromatic carbocycles. The Morgan fingerprint density at radius 2 is 2.14 bits per heavy atom. The summed E-state index contributed by atoms with van der Waals surface area (Å²) in [4.78, 5) is 10.9. The van der Waals surface area contributed by atoms with Gasteiger partial charge in [-0.05, 0) is 24.4 Å². The number of amides is 1. The van der Waals surface area contributed by atoms with E-state index in [1.165, 1.54) is 17.5 Å². The average Bonchev–Trinajstić information content (AvgIpc) is 2.20. The van der Waals surface area contributed by atoms with Gasteiger partial charge in [-0.1, -0.05) is 30.3 Å². The molecule has 4 heteroatoms. The Labute approximate surface area is 88.0 Å². The number of rotatable bonds is 4. The van der Waals surface area contributed by atoms with E-state index in [9.17, 15) is 4.79 Å². The molecule has 0 atom stereocenters. The van der Waals surface area contributed by atoms with Gasteiger partial charge in [0.15, 0.2) is 0 Å². The van der Waals surface area contributed by atoms with Crippen molar-refractivity contribution in [2.75, 3.05) is 6.61 Å². The van der Waals surface area contributed by atoms with E-state index >= 15 is 0 Å². The zero-order valence-electron chi connectivity index (χ0n) is 8.03. The van der Waals surface area contributed by atoms with Gasteiger partial charge >= 0.3 is 6.09 Å². The van der Waals surface area contributed by atoms with Gasteiger partial charge in [0.25, 0.3) is 0 Å². The minimum Gasteiger partial charge on any atom is -0.449 e. The van der Waals surface area contributed by atoms with Crippen LogP contribution in [-0.2, 0) is 10.5 Å². The van der Waals surface area contributed by atoms with Gasteiger partial charge in [-0.15, -0.1) is 0 Å². The third-order valence-electron chi connectivity index (χ3n) is 1.51. The molecule has 0 aliphatic carbocycles. The highest BCUT2D eigenvalue weighted by molar-refractivity contribution is 7.97. The molecule has 0 heterocycles. The second-order valence-corrected chi connectivity index (χ2v) is 3.38. The average molecular weight is 211 g/mol. The number of hydrogen-bond acceptors (Lipinski definition) is 3.